The van der Waals surface area contributed by atoms with Gasteiger partial charge in [-0.1, -0.05) is 15.9 Å². The smallest absolute Gasteiger partial charge is 0.407 e. The van der Waals surface area contributed by atoms with Gasteiger partial charge >= 0.3 is 6.09 Å². The van der Waals surface area contributed by atoms with Crippen LogP contribution in [0.1, 0.15) is 33.6 Å². The second-order valence-electron chi connectivity index (χ2n) is 5.43. The van der Waals surface area contributed by atoms with Crippen molar-refractivity contribution in [1.29, 1.82) is 0 Å². The van der Waals surface area contributed by atoms with Crippen LogP contribution in [0.3, 0.4) is 0 Å². The van der Waals surface area contributed by atoms with E-state index in [0.29, 0.717) is 18.4 Å². The van der Waals surface area contributed by atoms with E-state index in [2.05, 4.69) is 21.2 Å². The molecule has 0 atom stereocenters. The summed E-state index contributed by atoms with van der Waals surface area (Å²) in [6.45, 7) is 6.88. The van der Waals surface area contributed by atoms with Gasteiger partial charge in [-0.2, -0.15) is 0 Å². The fraction of sp³-hybridized carbons (Fsp3) is 0.833. The maximum Gasteiger partial charge on any atom is 0.407 e. The number of likely N-dealkylation sites (tertiary alicyclic amines) is 1. The minimum Gasteiger partial charge on any atom is -0.444 e. The lowest BCUT2D eigenvalue weighted by Crippen LogP contribution is -2.47. The van der Waals surface area contributed by atoms with Crippen LogP contribution in [0.2, 0.25) is 0 Å². The average molecular weight is 321 g/mol. The maximum atomic E-state index is 11.6. The molecule has 0 aromatic carbocycles. The molecule has 0 saturated carbocycles. The van der Waals surface area contributed by atoms with E-state index in [9.17, 15) is 9.59 Å². The van der Waals surface area contributed by atoms with Crippen LogP contribution in [0, 0.1) is 0 Å². The zero-order valence-corrected chi connectivity index (χ0v) is 12.7. The Kier molecular flexibility index (Phi) is 5.44. The number of carbonyl (C=O) groups is 2. The Morgan fingerprint density at radius 2 is 1.89 bits per heavy atom. The molecule has 0 radical (unpaired) electrons. The van der Waals surface area contributed by atoms with Gasteiger partial charge in [0.25, 0.3) is 0 Å². The Morgan fingerprint density at radius 3 is 2.33 bits per heavy atom. The Hall–Kier alpha value is -0.780. The highest BCUT2D eigenvalue weighted by Crippen LogP contribution is 2.13. The summed E-state index contributed by atoms with van der Waals surface area (Å²) in [6.07, 6.45) is 1.17. The van der Waals surface area contributed by atoms with Crippen molar-refractivity contribution >= 4 is 27.9 Å². The van der Waals surface area contributed by atoms with Crippen molar-refractivity contribution in [2.24, 2.45) is 0 Å². The van der Waals surface area contributed by atoms with Crippen LogP contribution in [-0.4, -0.2) is 47.0 Å². The van der Waals surface area contributed by atoms with E-state index in [1.807, 2.05) is 25.7 Å². The second kappa shape index (κ2) is 6.41. The fourth-order valence-corrected chi connectivity index (χ4v) is 2.19. The normalized spacial score (nSPS) is 17.4. The molecule has 5 nitrogen and oxygen atoms in total. The van der Waals surface area contributed by atoms with Crippen molar-refractivity contribution < 1.29 is 14.3 Å². The first-order valence-corrected chi connectivity index (χ1v) is 7.27. The van der Waals surface area contributed by atoms with Crippen LogP contribution in [0.5, 0.6) is 0 Å². The number of nitrogens with one attached hydrogen (secondary N) is 1. The SMILES string of the molecule is CC(C)(C)OC(=O)NC1CCN(C(=O)CBr)CC1. The first-order valence-electron chi connectivity index (χ1n) is 6.15. The number of ether oxygens (including phenoxy) is 1. The largest absolute Gasteiger partial charge is 0.444 e. The highest BCUT2D eigenvalue weighted by Gasteiger charge is 2.25. The number of piperidine rings is 1. The zero-order chi connectivity index (χ0) is 13.8. The first kappa shape index (κ1) is 15.3. The molecule has 2 amide bonds. The minimum atomic E-state index is -0.475. The van der Waals surface area contributed by atoms with E-state index in [1.165, 1.54) is 0 Å². The lowest BCUT2D eigenvalue weighted by Gasteiger charge is -2.32. The Bertz CT molecular complexity index is 307. The molecule has 1 aliphatic heterocycles. The summed E-state index contributed by atoms with van der Waals surface area (Å²) < 4.78 is 5.20. The second-order valence-corrected chi connectivity index (χ2v) is 6.00. The van der Waals surface area contributed by atoms with Gasteiger partial charge in [0.2, 0.25) is 5.91 Å². The van der Waals surface area contributed by atoms with E-state index >= 15 is 0 Å². The molecule has 0 unspecified atom stereocenters. The van der Waals surface area contributed by atoms with E-state index in [4.69, 9.17) is 4.74 Å². The molecule has 1 heterocycles. The van der Waals surface area contributed by atoms with E-state index in [-0.39, 0.29) is 18.0 Å². The van der Waals surface area contributed by atoms with Gasteiger partial charge in [-0.05, 0) is 33.6 Å². The molecule has 1 N–H and O–H groups in total. The topological polar surface area (TPSA) is 58.6 Å². The predicted octanol–water partition coefficient (Wildman–Crippen LogP) is 1.90. The van der Waals surface area contributed by atoms with Crippen molar-refractivity contribution in [3.8, 4) is 0 Å². The van der Waals surface area contributed by atoms with E-state index in [0.717, 1.165) is 12.8 Å². The number of halogens is 1. The van der Waals surface area contributed by atoms with Gasteiger partial charge in [0.1, 0.15) is 5.60 Å². The molecule has 0 aromatic rings. The van der Waals surface area contributed by atoms with Gasteiger partial charge in [-0.3, -0.25) is 4.79 Å². The number of nitrogens with zero attached hydrogens (tertiary/aromatic N) is 1. The number of carbonyl (C=O) groups excluding carboxylic acids is 2. The zero-order valence-electron chi connectivity index (χ0n) is 11.2. The molecular formula is C12H21BrN2O3. The molecule has 0 bridgehead atoms. The number of hydrogen-bond acceptors (Lipinski definition) is 3. The Morgan fingerprint density at radius 1 is 1.33 bits per heavy atom. The molecule has 0 aromatic heterocycles. The van der Waals surface area contributed by atoms with E-state index < -0.39 is 5.60 Å². The van der Waals surface area contributed by atoms with Crippen LogP contribution in [0.4, 0.5) is 4.79 Å². The Labute approximate surface area is 116 Å². The van der Waals surface area contributed by atoms with Crippen molar-refractivity contribution in [3.63, 3.8) is 0 Å². The first-order chi connectivity index (χ1) is 8.31. The van der Waals surface area contributed by atoms with Gasteiger partial charge < -0.3 is 15.0 Å². The molecule has 1 saturated heterocycles. The van der Waals surface area contributed by atoms with Gasteiger partial charge in [0.15, 0.2) is 0 Å². The molecule has 1 aliphatic rings. The van der Waals surface area contributed by atoms with Gasteiger partial charge in [-0.25, -0.2) is 4.79 Å². The third-order valence-corrected chi connectivity index (χ3v) is 3.16. The van der Waals surface area contributed by atoms with Crippen LogP contribution in [0.15, 0.2) is 0 Å². The summed E-state index contributed by atoms with van der Waals surface area (Å²) >= 11 is 3.16. The number of amides is 2. The van der Waals surface area contributed by atoms with Crippen LogP contribution < -0.4 is 5.32 Å². The summed E-state index contributed by atoms with van der Waals surface area (Å²) in [4.78, 5) is 24.8. The summed E-state index contributed by atoms with van der Waals surface area (Å²) in [7, 11) is 0. The highest BCUT2D eigenvalue weighted by atomic mass is 79.9. The van der Waals surface area contributed by atoms with Crippen LogP contribution in [0.25, 0.3) is 0 Å². The summed E-state index contributed by atoms with van der Waals surface area (Å²) in [5, 5.41) is 3.20. The van der Waals surface area contributed by atoms with Crippen molar-refractivity contribution in [3.05, 3.63) is 0 Å². The van der Waals surface area contributed by atoms with Crippen LogP contribution in [-0.2, 0) is 9.53 Å². The van der Waals surface area contributed by atoms with Gasteiger partial charge in [-0.15, -0.1) is 0 Å². The molecule has 1 rings (SSSR count). The standard InChI is InChI=1S/C12H21BrN2O3/c1-12(2,3)18-11(17)14-9-4-6-15(7-5-9)10(16)8-13/h9H,4-8H2,1-3H3,(H,14,17). The molecule has 0 aliphatic carbocycles. The molecular weight excluding hydrogens is 300 g/mol. The van der Waals surface area contributed by atoms with Crippen LogP contribution >= 0.6 is 15.9 Å². The van der Waals surface area contributed by atoms with Crippen molar-refractivity contribution in [2.75, 3.05) is 18.4 Å². The minimum absolute atomic E-state index is 0.0965. The third kappa shape index (κ3) is 5.25. The number of hydrogen-bond donors (Lipinski definition) is 1. The summed E-state index contributed by atoms with van der Waals surface area (Å²) in [6, 6.07) is 0.0965. The molecule has 6 heteroatoms. The summed E-state index contributed by atoms with van der Waals surface area (Å²) in [5.41, 5.74) is -0.475. The van der Waals surface area contributed by atoms with Gasteiger partial charge in [0.05, 0.1) is 5.33 Å². The maximum absolute atomic E-state index is 11.6. The summed E-state index contributed by atoms with van der Waals surface area (Å²) in [5.74, 6) is 0.103. The lowest BCUT2D eigenvalue weighted by molar-refractivity contribution is -0.129. The van der Waals surface area contributed by atoms with E-state index in [1.54, 1.807) is 0 Å². The van der Waals surface area contributed by atoms with Gasteiger partial charge in [0, 0.05) is 19.1 Å². The predicted molar refractivity (Wildman–Crippen MR) is 72.8 cm³/mol. The molecule has 1 fully saturated rings. The number of alkyl halides is 1. The lowest BCUT2D eigenvalue weighted by atomic mass is 10.1. The fourth-order valence-electron chi connectivity index (χ4n) is 1.83. The third-order valence-electron chi connectivity index (χ3n) is 2.68. The monoisotopic (exact) mass is 320 g/mol. The number of rotatable bonds is 2. The Balaban J connectivity index is 2.31. The van der Waals surface area contributed by atoms with Crippen molar-refractivity contribution in [2.45, 2.75) is 45.3 Å². The molecule has 104 valence electrons. The van der Waals surface area contributed by atoms with Crippen molar-refractivity contribution in [1.82, 2.24) is 10.2 Å². The quantitative estimate of drug-likeness (QED) is 0.790. The molecule has 18 heavy (non-hydrogen) atoms. The highest BCUT2D eigenvalue weighted by molar-refractivity contribution is 9.09. The molecule has 0 spiro atoms. The number of alkyl carbamates (subject to hydrolysis) is 1. The average Bonchev–Trinajstić information content (AvgIpc) is 2.26.